The van der Waals surface area contributed by atoms with Crippen LogP contribution in [-0.2, 0) is 0 Å². The minimum absolute atomic E-state index is 0.537. The molecule has 10 heavy (non-hydrogen) atoms. The molecule has 0 aromatic heterocycles. The topological polar surface area (TPSA) is 21.9 Å². The first-order chi connectivity index (χ1) is 4.58. The second-order valence-corrected chi connectivity index (χ2v) is 4.56. The van der Waals surface area contributed by atoms with Crippen LogP contribution in [0.25, 0.3) is 0 Å². The molecule has 1 unspecified atom stereocenters. The van der Waals surface area contributed by atoms with Crippen LogP contribution in [-0.4, -0.2) is 12.6 Å². The van der Waals surface area contributed by atoms with Crippen molar-refractivity contribution in [3.8, 4) is 0 Å². The van der Waals surface area contributed by atoms with E-state index in [1.54, 1.807) is 0 Å². The van der Waals surface area contributed by atoms with E-state index >= 15 is 0 Å². The molecule has 1 atom stereocenters. The molecule has 1 fully saturated rings. The Morgan fingerprint density at radius 2 is 2.00 bits per heavy atom. The molecule has 60 valence electrons. The first kappa shape index (κ1) is 8.06. The molecule has 1 N–H and O–H groups in total. The molecule has 0 spiro atoms. The van der Waals surface area contributed by atoms with E-state index in [0.717, 1.165) is 6.04 Å². The quantitative estimate of drug-likeness (QED) is 0.598. The van der Waals surface area contributed by atoms with Crippen molar-refractivity contribution in [1.82, 2.24) is 5.32 Å². The lowest BCUT2D eigenvalue weighted by Gasteiger charge is -2.16. The van der Waals surface area contributed by atoms with Crippen LogP contribution in [0.2, 0.25) is 0 Å². The van der Waals surface area contributed by atoms with E-state index in [1.807, 2.05) is 0 Å². The molecule has 0 bridgehead atoms. The van der Waals surface area contributed by atoms with Crippen LogP contribution >= 0.6 is 0 Å². The summed E-state index contributed by atoms with van der Waals surface area (Å²) in [6.45, 7) is 8.21. The van der Waals surface area contributed by atoms with Crippen molar-refractivity contribution in [2.45, 2.75) is 46.1 Å². The van der Waals surface area contributed by atoms with Crippen LogP contribution in [0.4, 0.5) is 0 Å². The lowest BCUT2D eigenvalue weighted by atomic mass is 9.89. The van der Waals surface area contributed by atoms with Gasteiger partial charge >= 0.3 is 0 Å². The number of rotatable bonds is 3. The summed E-state index contributed by atoms with van der Waals surface area (Å²) < 4.78 is 0. The Morgan fingerprint density at radius 3 is 2.40 bits per heavy atom. The smallest absolute Gasteiger partial charge is 0.0193 e. The van der Waals surface area contributed by atoms with E-state index in [4.69, 9.17) is 0 Å². The van der Waals surface area contributed by atoms with E-state index < -0.39 is 0 Å². The van der Waals surface area contributed by atoms with Crippen LogP contribution in [0.1, 0.15) is 40.0 Å². The monoisotopic (exact) mass is 141 g/mol. The van der Waals surface area contributed by atoms with Crippen molar-refractivity contribution in [3.63, 3.8) is 0 Å². The molecular weight excluding hydrogens is 122 g/mol. The Morgan fingerprint density at radius 1 is 1.40 bits per heavy atom. The van der Waals surface area contributed by atoms with Crippen LogP contribution in [0.15, 0.2) is 0 Å². The second-order valence-electron chi connectivity index (χ2n) is 4.56. The second kappa shape index (κ2) is 2.91. The maximum absolute atomic E-state index is 3.32. The minimum Gasteiger partial charge on any atom is -0.311 e. The molecule has 1 aliphatic heterocycles. The van der Waals surface area contributed by atoms with Gasteiger partial charge in [0.25, 0.3) is 0 Å². The molecule has 0 aromatic rings. The Kier molecular flexibility index (Phi) is 2.35. The fourth-order valence-electron chi connectivity index (χ4n) is 1.17. The Bertz CT molecular complexity index is 97.8. The van der Waals surface area contributed by atoms with Gasteiger partial charge in [0.05, 0.1) is 0 Å². The summed E-state index contributed by atoms with van der Waals surface area (Å²) in [6.07, 6.45) is 4.14. The zero-order chi connectivity index (χ0) is 7.61. The SMILES string of the molecule is CC(C)(C)CCCC1CN1. The average Bonchev–Trinajstić information content (AvgIpc) is 2.45. The Balaban J connectivity index is 1.93. The first-order valence-corrected chi connectivity index (χ1v) is 4.31. The Hall–Kier alpha value is -0.0400. The van der Waals surface area contributed by atoms with Crippen molar-refractivity contribution in [2.24, 2.45) is 5.41 Å². The predicted molar refractivity (Wildman–Crippen MR) is 45.1 cm³/mol. The van der Waals surface area contributed by atoms with Crippen molar-refractivity contribution >= 4 is 0 Å². The molecule has 0 radical (unpaired) electrons. The first-order valence-electron chi connectivity index (χ1n) is 4.31. The third-order valence-electron chi connectivity index (χ3n) is 1.97. The summed E-state index contributed by atoms with van der Waals surface area (Å²) in [6, 6.07) is 0.877. The standard InChI is InChI=1S/C9H19N/c1-9(2,3)6-4-5-8-7-10-8/h8,10H,4-7H2,1-3H3. The van der Waals surface area contributed by atoms with Crippen molar-refractivity contribution in [1.29, 1.82) is 0 Å². The van der Waals surface area contributed by atoms with Gasteiger partial charge in [0.1, 0.15) is 0 Å². The zero-order valence-corrected chi connectivity index (χ0v) is 7.41. The summed E-state index contributed by atoms with van der Waals surface area (Å²) in [5.41, 5.74) is 0.537. The lowest BCUT2D eigenvalue weighted by Crippen LogP contribution is -2.05. The van der Waals surface area contributed by atoms with Crippen LogP contribution in [0.3, 0.4) is 0 Å². The average molecular weight is 141 g/mol. The fraction of sp³-hybridized carbons (Fsp3) is 1.00. The number of hydrogen-bond donors (Lipinski definition) is 1. The van der Waals surface area contributed by atoms with Crippen LogP contribution in [0, 0.1) is 5.41 Å². The van der Waals surface area contributed by atoms with Gasteiger partial charge in [-0.1, -0.05) is 27.2 Å². The zero-order valence-electron chi connectivity index (χ0n) is 7.41. The van der Waals surface area contributed by atoms with Gasteiger partial charge in [-0.05, 0) is 18.3 Å². The molecule has 1 saturated heterocycles. The van der Waals surface area contributed by atoms with Gasteiger partial charge in [-0.2, -0.15) is 0 Å². The normalized spacial score (nSPS) is 24.9. The maximum atomic E-state index is 3.32. The minimum atomic E-state index is 0.537. The van der Waals surface area contributed by atoms with E-state index in [0.29, 0.717) is 5.41 Å². The molecule has 1 heterocycles. The summed E-state index contributed by atoms with van der Waals surface area (Å²) in [5.74, 6) is 0. The third-order valence-corrected chi connectivity index (χ3v) is 1.97. The van der Waals surface area contributed by atoms with Gasteiger partial charge in [0, 0.05) is 12.6 Å². The highest BCUT2D eigenvalue weighted by molar-refractivity contribution is 4.82. The summed E-state index contributed by atoms with van der Waals surface area (Å²) in [5, 5.41) is 3.32. The van der Waals surface area contributed by atoms with E-state index in [2.05, 4.69) is 26.1 Å². The highest BCUT2D eigenvalue weighted by Gasteiger charge is 2.20. The molecule has 1 rings (SSSR count). The van der Waals surface area contributed by atoms with Crippen molar-refractivity contribution < 1.29 is 0 Å². The highest BCUT2D eigenvalue weighted by atomic mass is 15.1. The van der Waals surface area contributed by atoms with Gasteiger partial charge in [0.15, 0.2) is 0 Å². The Labute approximate surface area is 64.2 Å². The number of hydrogen-bond acceptors (Lipinski definition) is 1. The molecular formula is C9H19N. The molecule has 1 aliphatic rings. The van der Waals surface area contributed by atoms with Crippen LogP contribution in [0.5, 0.6) is 0 Å². The van der Waals surface area contributed by atoms with Gasteiger partial charge in [-0.3, -0.25) is 0 Å². The van der Waals surface area contributed by atoms with E-state index in [1.165, 1.54) is 25.8 Å². The largest absolute Gasteiger partial charge is 0.311 e. The molecule has 1 heteroatoms. The van der Waals surface area contributed by atoms with E-state index in [-0.39, 0.29) is 0 Å². The van der Waals surface area contributed by atoms with Gasteiger partial charge < -0.3 is 5.32 Å². The molecule has 0 aromatic carbocycles. The molecule has 0 amide bonds. The lowest BCUT2D eigenvalue weighted by molar-refractivity contribution is 0.360. The number of nitrogens with one attached hydrogen (secondary N) is 1. The fourth-order valence-corrected chi connectivity index (χ4v) is 1.17. The summed E-state index contributed by atoms with van der Waals surface area (Å²) in [7, 11) is 0. The maximum Gasteiger partial charge on any atom is 0.0193 e. The molecule has 1 nitrogen and oxygen atoms in total. The molecule has 0 aliphatic carbocycles. The highest BCUT2D eigenvalue weighted by Crippen LogP contribution is 2.22. The van der Waals surface area contributed by atoms with E-state index in [9.17, 15) is 0 Å². The van der Waals surface area contributed by atoms with Crippen molar-refractivity contribution in [3.05, 3.63) is 0 Å². The van der Waals surface area contributed by atoms with Gasteiger partial charge in [-0.15, -0.1) is 0 Å². The van der Waals surface area contributed by atoms with Crippen molar-refractivity contribution in [2.75, 3.05) is 6.54 Å². The van der Waals surface area contributed by atoms with Crippen LogP contribution < -0.4 is 5.32 Å². The molecule has 0 saturated carbocycles. The third kappa shape index (κ3) is 3.89. The van der Waals surface area contributed by atoms with Gasteiger partial charge in [0.2, 0.25) is 0 Å². The summed E-state index contributed by atoms with van der Waals surface area (Å²) >= 11 is 0. The van der Waals surface area contributed by atoms with Gasteiger partial charge in [-0.25, -0.2) is 0 Å². The predicted octanol–water partition coefficient (Wildman–Crippen LogP) is 2.17. The summed E-state index contributed by atoms with van der Waals surface area (Å²) in [4.78, 5) is 0.